The van der Waals surface area contributed by atoms with E-state index >= 15 is 0 Å². The number of carbonyl (C=O) groups is 2. The van der Waals surface area contributed by atoms with Gasteiger partial charge in [0, 0.05) is 13.0 Å². The molecule has 1 fully saturated rings. The smallest absolute Gasteiger partial charge is 0.354 e. The molecule has 168 valence electrons. The lowest BCUT2D eigenvalue weighted by molar-refractivity contribution is -0.191. The van der Waals surface area contributed by atoms with E-state index in [0.717, 1.165) is 35.9 Å². The molecule has 3 rings (SSSR count). The van der Waals surface area contributed by atoms with Crippen LogP contribution in [-0.4, -0.2) is 35.5 Å². The Morgan fingerprint density at radius 2 is 1.94 bits per heavy atom. The van der Waals surface area contributed by atoms with Crippen molar-refractivity contribution in [2.24, 2.45) is 11.1 Å². The molecule has 4 N–H and O–H groups in total. The number of hydrogen-bond acceptors (Lipinski definition) is 7. The average molecular weight is 447 g/mol. The van der Waals surface area contributed by atoms with Crippen LogP contribution in [0.25, 0.3) is 10.2 Å². The number of carbonyl (C=O) groups excluding carboxylic acids is 4. The van der Waals surface area contributed by atoms with Gasteiger partial charge in [0.15, 0.2) is 5.13 Å². The molecule has 1 aromatic carbocycles. The van der Waals surface area contributed by atoms with E-state index in [1.807, 2.05) is 26.0 Å². The quantitative estimate of drug-likeness (QED) is 0.599. The minimum Gasteiger partial charge on any atom is -0.354 e. The molecule has 0 unspecified atom stereocenters. The Morgan fingerprint density at radius 3 is 2.58 bits per heavy atom. The third-order valence-electron chi connectivity index (χ3n) is 5.65. The molecule has 2 aromatic rings. The predicted molar refractivity (Wildman–Crippen MR) is 119 cm³/mol. The minimum atomic E-state index is -0.485. The van der Waals surface area contributed by atoms with Crippen LogP contribution in [0, 0.1) is 12.3 Å². The van der Waals surface area contributed by atoms with E-state index in [2.05, 4.69) is 21.7 Å². The highest BCUT2D eigenvalue weighted by atomic mass is 32.1. The molecular weight excluding hydrogens is 416 g/mol. The number of amides is 2. The van der Waals surface area contributed by atoms with Crippen LogP contribution in [0.3, 0.4) is 0 Å². The Kier molecular flexibility index (Phi) is 9.30. The first-order valence-corrected chi connectivity index (χ1v) is 11.3. The summed E-state index contributed by atoms with van der Waals surface area (Å²) in [7, 11) is 0. The molecule has 0 saturated heterocycles. The largest absolute Gasteiger partial charge is 0.373 e. The van der Waals surface area contributed by atoms with Crippen LogP contribution < -0.4 is 16.4 Å². The van der Waals surface area contributed by atoms with Gasteiger partial charge in [0.2, 0.25) is 11.8 Å². The van der Waals surface area contributed by atoms with Crippen molar-refractivity contribution in [2.45, 2.75) is 64.8 Å². The van der Waals surface area contributed by atoms with Gasteiger partial charge in [0.05, 0.1) is 16.3 Å². The number of aryl methyl sites for hydroxylation is 1. The lowest BCUT2D eigenvalue weighted by atomic mass is 9.71. The van der Waals surface area contributed by atoms with Crippen molar-refractivity contribution < 1.29 is 19.2 Å². The lowest BCUT2D eigenvalue weighted by Gasteiger charge is -2.37. The Bertz CT molecular complexity index is 931. The van der Waals surface area contributed by atoms with Crippen molar-refractivity contribution in [1.29, 1.82) is 0 Å². The molecule has 0 spiro atoms. The standard InChI is InChI=1S/C21H30N4O2S.CO2/c1-3-15(22)19(27)23-13-21(9-5-4-6-10-21)12-18(26)25-20-24-16-8-7-14(2)11-17(16)28-20;2-1-3/h7-8,11,15H,3-6,9-10,12-13,22H2,1-2H3,(H,23,27)(H,24,25,26);/t15-;/m0./s1. The summed E-state index contributed by atoms with van der Waals surface area (Å²) < 4.78 is 1.07. The van der Waals surface area contributed by atoms with Gasteiger partial charge in [0.1, 0.15) is 0 Å². The minimum absolute atomic E-state index is 0.0354. The second-order valence-electron chi connectivity index (χ2n) is 8.09. The summed E-state index contributed by atoms with van der Waals surface area (Å²) in [4.78, 5) is 45.7. The van der Waals surface area contributed by atoms with Gasteiger partial charge in [-0.3, -0.25) is 9.59 Å². The predicted octanol–water partition coefficient (Wildman–Crippen LogP) is 3.15. The molecule has 2 amide bonds. The number of nitrogens with one attached hydrogen (secondary N) is 2. The van der Waals surface area contributed by atoms with E-state index in [-0.39, 0.29) is 23.4 Å². The first-order chi connectivity index (χ1) is 14.8. The fraction of sp³-hybridized carbons (Fsp3) is 0.545. The van der Waals surface area contributed by atoms with Crippen LogP contribution in [0.15, 0.2) is 18.2 Å². The van der Waals surface area contributed by atoms with E-state index < -0.39 is 6.04 Å². The van der Waals surface area contributed by atoms with Crippen LogP contribution in [0.2, 0.25) is 0 Å². The molecule has 1 aliphatic rings. The van der Waals surface area contributed by atoms with Crippen LogP contribution in [-0.2, 0) is 19.2 Å². The van der Waals surface area contributed by atoms with Crippen LogP contribution in [0.1, 0.15) is 57.4 Å². The monoisotopic (exact) mass is 446 g/mol. The van der Waals surface area contributed by atoms with Crippen molar-refractivity contribution in [1.82, 2.24) is 10.3 Å². The van der Waals surface area contributed by atoms with E-state index in [4.69, 9.17) is 15.3 Å². The molecule has 31 heavy (non-hydrogen) atoms. The molecule has 1 atom stereocenters. The normalized spacial score (nSPS) is 15.8. The summed E-state index contributed by atoms with van der Waals surface area (Å²) in [6, 6.07) is 5.60. The number of anilines is 1. The maximum absolute atomic E-state index is 12.8. The van der Waals surface area contributed by atoms with Gasteiger partial charge in [-0.15, -0.1) is 0 Å². The van der Waals surface area contributed by atoms with Gasteiger partial charge in [-0.1, -0.05) is 43.6 Å². The highest BCUT2D eigenvalue weighted by molar-refractivity contribution is 7.22. The fourth-order valence-corrected chi connectivity index (χ4v) is 4.88. The van der Waals surface area contributed by atoms with Crippen LogP contribution in [0.4, 0.5) is 5.13 Å². The number of hydrogen-bond donors (Lipinski definition) is 3. The number of benzene rings is 1. The Morgan fingerprint density at radius 1 is 1.26 bits per heavy atom. The Labute approximate surface area is 186 Å². The Balaban J connectivity index is 0.00000107. The Hall–Kier alpha value is -2.61. The molecule has 1 heterocycles. The van der Waals surface area contributed by atoms with Gasteiger partial charge in [0.25, 0.3) is 0 Å². The second-order valence-corrected chi connectivity index (χ2v) is 9.12. The van der Waals surface area contributed by atoms with Crippen LogP contribution in [0.5, 0.6) is 0 Å². The van der Waals surface area contributed by atoms with E-state index in [9.17, 15) is 9.59 Å². The third-order valence-corrected chi connectivity index (χ3v) is 6.59. The van der Waals surface area contributed by atoms with Crippen molar-refractivity contribution in [2.75, 3.05) is 11.9 Å². The molecule has 1 aliphatic carbocycles. The zero-order chi connectivity index (χ0) is 22.9. The van der Waals surface area contributed by atoms with Gasteiger partial charge in [-0.2, -0.15) is 9.59 Å². The molecule has 1 saturated carbocycles. The van der Waals surface area contributed by atoms with Gasteiger partial charge >= 0.3 is 6.15 Å². The summed E-state index contributed by atoms with van der Waals surface area (Å²) in [6.45, 7) is 4.45. The number of nitrogens with zero attached hydrogens (tertiary/aromatic N) is 1. The molecule has 1 aromatic heterocycles. The van der Waals surface area contributed by atoms with Crippen molar-refractivity contribution >= 4 is 44.7 Å². The van der Waals surface area contributed by atoms with Crippen LogP contribution >= 0.6 is 11.3 Å². The number of fused-ring (bicyclic) bond motifs is 1. The first-order valence-electron chi connectivity index (χ1n) is 10.5. The van der Waals surface area contributed by atoms with Crippen molar-refractivity contribution in [3.63, 3.8) is 0 Å². The molecule has 8 nitrogen and oxygen atoms in total. The van der Waals surface area contributed by atoms with E-state index in [1.54, 1.807) is 0 Å². The summed E-state index contributed by atoms with van der Waals surface area (Å²) in [5.41, 5.74) is 7.71. The highest BCUT2D eigenvalue weighted by Crippen LogP contribution is 2.39. The maximum Gasteiger partial charge on any atom is 0.373 e. The van der Waals surface area contributed by atoms with Crippen molar-refractivity contribution in [3.8, 4) is 0 Å². The molecule has 0 bridgehead atoms. The first kappa shape index (κ1) is 24.7. The number of aromatic nitrogens is 1. The summed E-state index contributed by atoms with van der Waals surface area (Å²) in [5.74, 6) is -0.166. The average Bonchev–Trinajstić information content (AvgIpc) is 3.13. The summed E-state index contributed by atoms with van der Waals surface area (Å²) in [6.07, 6.45) is 6.50. The zero-order valence-electron chi connectivity index (χ0n) is 18.0. The molecule has 0 radical (unpaired) electrons. The van der Waals surface area contributed by atoms with E-state index in [1.165, 1.54) is 23.3 Å². The fourth-order valence-electron chi connectivity index (χ4n) is 3.90. The number of thiazole rings is 1. The third kappa shape index (κ3) is 7.24. The molecular formula is C22H30N4O4S. The van der Waals surface area contributed by atoms with Gasteiger partial charge in [-0.25, -0.2) is 4.98 Å². The maximum atomic E-state index is 12.8. The number of rotatable bonds is 7. The lowest BCUT2D eigenvalue weighted by Crippen LogP contribution is -2.46. The summed E-state index contributed by atoms with van der Waals surface area (Å²) >= 11 is 1.50. The molecule has 0 aliphatic heterocycles. The summed E-state index contributed by atoms with van der Waals surface area (Å²) in [5, 5.41) is 6.59. The topological polar surface area (TPSA) is 131 Å². The van der Waals surface area contributed by atoms with Gasteiger partial charge < -0.3 is 16.4 Å². The number of nitrogens with two attached hydrogens (primary N) is 1. The van der Waals surface area contributed by atoms with Crippen molar-refractivity contribution in [3.05, 3.63) is 23.8 Å². The second kappa shape index (κ2) is 11.7. The molecule has 9 heteroatoms. The van der Waals surface area contributed by atoms with Gasteiger partial charge in [-0.05, 0) is 49.3 Å². The zero-order valence-corrected chi connectivity index (χ0v) is 18.8. The highest BCUT2D eigenvalue weighted by Gasteiger charge is 2.35. The SMILES string of the molecule is CC[C@H](N)C(=O)NCC1(CC(=O)Nc2nc3ccc(C)cc3s2)CCCCC1.O=C=O. The van der Waals surface area contributed by atoms with E-state index in [0.29, 0.717) is 24.5 Å².